The molecule has 0 spiro atoms. The van der Waals surface area contributed by atoms with Gasteiger partial charge in [-0.05, 0) is 94.3 Å². The lowest BCUT2D eigenvalue weighted by atomic mass is 9.76. The van der Waals surface area contributed by atoms with Crippen LogP contribution >= 0.6 is 0 Å². The van der Waals surface area contributed by atoms with Crippen LogP contribution in [-0.4, -0.2) is 37.5 Å². The summed E-state index contributed by atoms with van der Waals surface area (Å²) < 4.78 is 12.3. The molecular weight excluding hydrogens is 699 g/mol. The molecule has 4 amide bonds. The van der Waals surface area contributed by atoms with Crippen molar-refractivity contribution in [3.8, 4) is 11.5 Å². The molecule has 0 radical (unpaired) electrons. The molecule has 0 aromatic heterocycles. The number of carbonyl (C=O) groups excluding carboxylic acids is 3. The van der Waals surface area contributed by atoms with E-state index in [9.17, 15) is 14.4 Å². The molecule has 0 saturated carbocycles. The van der Waals surface area contributed by atoms with E-state index in [0.717, 1.165) is 58.3 Å². The summed E-state index contributed by atoms with van der Waals surface area (Å²) in [5.74, 6) is -0.259. The van der Waals surface area contributed by atoms with Crippen molar-refractivity contribution >= 4 is 46.1 Å². The molecule has 1 saturated heterocycles. The van der Waals surface area contributed by atoms with Crippen molar-refractivity contribution in [2.45, 2.75) is 38.2 Å². The van der Waals surface area contributed by atoms with Crippen LogP contribution in [0.5, 0.6) is 11.5 Å². The highest BCUT2D eigenvalue weighted by atomic mass is 16.5. The van der Waals surface area contributed by atoms with Crippen molar-refractivity contribution in [2.24, 2.45) is 0 Å². The van der Waals surface area contributed by atoms with Gasteiger partial charge in [-0.1, -0.05) is 109 Å². The zero-order chi connectivity index (χ0) is 38.2. The van der Waals surface area contributed by atoms with Crippen molar-refractivity contribution < 1.29 is 23.9 Å². The first-order chi connectivity index (χ1) is 27.5. The number of fused-ring (bicyclic) bond motifs is 1. The van der Waals surface area contributed by atoms with E-state index in [0.29, 0.717) is 36.0 Å². The van der Waals surface area contributed by atoms with E-state index < -0.39 is 17.8 Å². The maximum absolute atomic E-state index is 14.5. The van der Waals surface area contributed by atoms with E-state index in [4.69, 9.17) is 9.47 Å². The van der Waals surface area contributed by atoms with Crippen LogP contribution in [0, 0.1) is 0 Å². The summed E-state index contributed by atoms with van der Waals surface area (Å²) in [6, 6.07) is 43.6. The molecule has 0 bridgehead atoms. The van der Waals surface area contributed by atoms with Gasteiger partial charge in [-0.3, -0.25) is 14.9 Å². The Hall–Kier alpha value is -6.67. The third-order valence-corrected chi connectivity index (χ3v) is 11.2. The number of anilines is 2. The molecule has 6 aromatic carbocycles. The van der Waals surface area contributed by atoms with Gasteiger partial charge < -0.3 is 14.4 Å². The fraction of sp³-hybridized carbons (Fsp3) is 0.188. The zero-order valence-corrected chi connectivity index (χ0v) is 31.1. The van der Waals surface area contributed by atoms with Crippen molar-refractivity contribution in [2.75, 3.05) is 29.5 Å². The number of amides is 4. The van der Waals surface area contributed by atoms with E-state index >= 15 is 0 Å². The zero-order valence-electron chi connectivity index (χ0n) is 31.1. The topological polar surface area (TPSA) is 88.2 Å². The molecule has 278 valence electrons. The van der Waals surface area contributed by atoms with Gasteiger partial charge in [0.15, 0.2) is 11.5 Å². The number of urea groups is 1. The number of hydrogen-bond acceptors (Lipinski definition) is 6. The highest BCUT2D eigenvalue weighted by Gasteiger charge is 2.40. The lowest BCUT2D eigenvalue weighted by Gasteiger charge is -2.44. The van der Waals surface area contributed by atoms with Gasteiger partial charge in [0.2, 0.25) is 0 Å². The van der Waals surface area contributed by atoms with Gasteiger partial charge in [-0.2, -0.15) is 0 Å². The first-order valence-electron chi connectivity index (χ1n) is 19.3. The third kappa shape index (κ3) is 6.47. The summed E-state index contributed by atoms with van der Waals surface area (Å²) in [5.41, 5.74) is 7.61. The minimum absolute atomic E-state index is 0.0774. The van der Waals surface area contributed by atoms with Gasteiger partial charge in [-0.25, -0.2) is 9.69 Å². The molecule has 0 aliphatic carbocycles. The van der Waals surface area contributed by atoms with Crippen LogP contribution in [0.4, 0.5) is 16.2 Å². The van der Waals surface area contributed by atoms with Crippen molar-refractivity contribution in [1.29, 1.82) is 0 Å². The van der Waals surface area contributed by atoms with E-state index in [1.165, 1.54) is 22.9 Å². The Balaban J connectivity index is 1.08. The summed E-state index contributed by atoms with van der Waals surface area (Å²) in [7, 11) is 0. The largest absolute Gasteiger partial charge is 0.490 e. The Labute approximate surface area is 326 Å². The monoisotopic (exact) mass is 739 g/mol. The van der Waals surface area contributed by atoms with Crippen LogP contribution in [0.2, 0.25) is 0 Å². The fourth-order valence-corrected chi connectivity index (χ4v) is 8.60. The number of carbonyl (C=O) groups is 3. The first kappa shape index (κ1) is 35.1. The minimum Gasteiger partial charge on any atom is -0.490 e. The third-order valence-electron chi connectivity index (χ3n) is 11.2. The van der Waals surface area contributed by atoms with Crippen LogP contribution < -0.4 is 24.6 Å². The molecule has 3 heterocycles. The summed E-state index contributed by atoms with van der Waals surface area (Å²) in [6.07, 6.45) is 3.32. The smallest absolute Gasteiger partial charge is 0.335 e. The second-order valence-corrected chi connectivity index (χ2v) is 14.5. The minimum atomic E-state index is -0.771. The van der Waals surface area contributed by atoms with Gasteiger partial charge in [0.05, 0.1) is 12.3 Å². The van der Waals surface area contributed by atoms with Gasteiger partial charge in [0.25, 0.3) is 11.8 Å². The highest BCUT2D eigenvalue weighted by Crippen LogP contribution is 2.50. The second-order valence-electron chi connectivity index (χ2n) is 14.5. The number of rotatable bonds is 9. The molecule has 3 aliphatic heterocycles. The number of imide groups is 2. The quantitative estimate of drug-likeness (QED) is 0.118. The van der Waals surface area contributed by atoms with E-state index in [2.05, 4.69) is 76.9 Å². The number of ether oxygens (including phenoxy) is 2. The van der Waals surface area contributed by atoms with Crippen LogP contribution in [0.3, 0.4) is 0 Å². The Kier molecular flexibility index (Phi) is 9.31. The molecule has 3 aliphatic rings. The van der Waals surface area contributed by atoms with Gasteiger partial charge in [0.1, 0.15) is 12.2 Å². The Bertz CT molecular complexity index is 2440. The lowest BCUT2D eigenvalue weighted by molar-refractivity contribution is -0.122. The lowest BCUT2D eigenvalue weighted by Crippen LogP contribution is -2.54. The van der Waals surface area contributed by atoms with E-state index in [-0.39, 0.29) is 17.4 Å². The maximum atomic E-state index is 14.5. The predicted molar refractivity (Wildman–Crippen MR) is 219 cm³/mol. The Morgan fingerprint density at radius 2 is 1.34 bits per heavy atom. The summed E-state index contributed by atoms with van der Waals surface area (Å²) >= 11 is 0. The number of benzene rings is 6. The van der Waals surface area contributed by atoms with Crippen molar-refractivity contribution in [3.63, 3.8) is 0 Å². The predicted octanol–water partition coefficient (Wildman–Crippen LogP) is 9.36. The average Bonchev–Trinajstić information content (AvgIpc) is 3.23. The van der Waals surface area contributed by atoms with Crippen LogP contribution in [0.25, 0.3) is 16.8 Å². The Morgan fingerprint density at radius 3 is 2.02 bits per heavy atom. The number of barbiturate groups is 1. The van der Waals surface area contributed by atoms with Crippen LogP contribution in [0.1, 0.15) is 65.0 Å². The molecule has 8 nitrogen and oxygen atoms in total. The van der Waals surface area contributed by atoms with Crippen molar-refractivity contribution in [1.82, 2.24) is 5.32 Å². The normalized spacial score (nSPS) is 18.5. The van der Waals surface area contributed by atoms with Gasteiger partial charge >= 0.3 is 6.03 Å². The van der Waals surface area contributed by atoms with Gasteiger partial charge in [0, 0.05) is 30.6 Å². The summed E-state index contributed by atoms with van der Waals surface area (Å²) in [4.78, 5) is 45.2. The molecule has 8 heteroatoms. The average molecular weight is 740 g/mol. The molecule has 1 fully saturated rings. The summed E-state index contributed by atoms with van der Waals surface area (Å²) in [5, 5.41) is 4.70. The molecule has 9 rings (SSSR count). The van der Waals surface area contributed by atoms with Crippen LogP contribution in [0.15, 0.2) is 139 Å². The molecular formula is C48H41N3O5. The SMILES string of the molecule is CCOc1cc(/C=C2\C(=O)NC(=O)N(c3cc4c5c(c3)[C@H](c3ccccc3)CCN5CC[C@@H]4c3ccccc3)C2=O)ccc1OCc1cccc2ccccc12. The van der Waals surface area contributed by atoms with Gasteiger partial charge in [-0.15, -0.1) is 0 Å². The Morgan fingerprint density at radius 1 is 0.696 bits per heavy atom. The maximum Gasteiger partial charge on any atom is 0.335 e. The first-order valence-corrected chi connectivity index (χ1v) is 19.3. The summed E-state index contributed by atoms with van der Waals surface area (Å²) in [6.45, 7) is 4.44. The standard InChI is InChI=1S/C48H41N3O5/c1-2-55-44-27-31(20-21-43(44)56-30-35-18-11-17-32-16-9-10-19-37(32)35)26-42-46(52)49-48(54)51(47(42)53)36-28-40-38(33-12-5-3-6-13-33)22-24-50-25-23-39(41(29-36)45(40)50)34-14-7-4-8-15-34/h3-21,26-29,38-39H,2,22-25,30H2,1H3,(H,49,52,54)/b42-26+/t38-,39+. The molecule has 56 heavy (non-hydrogen) atoms. The highest BCUT2D eigenvalue weighted by molar-refractivity contribution is 6.39. The number of hydrogen-bond donors (Lipinski definition) is 1. The number of nitrogens with zero attached hydrogens (tertiary/aromatic N) is 2. The van der Waals surface area contributed by atoms with E-state index in [1.807, 2.05) is 55.5 Å². The molecule has 0 unspecified atom stereocenters. The number of nitrogens with one attached hydrogen (secondary N) is 1. The molecule has 1 N–H and O–H groups in total. The van der Waals surface area contributed by atoms with Crippen molar-refractivity contribution in [3.05, 3.63) is 172 Å². The molecule has 2 atom stereocenters. The van der Waals surface area contributed by atoms with E-state index in [1.54, 1.807) is 18.2 Å². The molecule has 6 aromatic rings. The van der Waals surface area contributed by atoms with Crippen LogP contribution in [-0.2, 0) is 16.2 Å². The second kappa shape index (κ2) is 14.9. The fourth-order valence-electron chi connectivity index (χ4n) is 8.60.